The van der Waals surface area contributed by atoms with E-state index in [4.69, 9.17) is 0 Å². The molecule has 0 unspecified atom stereocenters. The van der Waals surface area contributed by atoms with Crippen LogP contribution in [0.15, 0.2) is 11.6 Å². The van der Waals surface area contributed by atoms with Crippen molar-refractivity contribution in [2.45, 2.75) is 32.6 Å². The van der Waals surface area contributed by atoms with E-state index in [1.807, 2.05) is 0 Å². The molecule has 1 saturated carbocycles. The molecule has 1 fully saturated rings. The van der Waals surface area contributed by atoms with Gasteiger partial charge in [-0.1, -0.05) is 11.6 Å². The molecule has 8 heavy (non-hydrogen) atoms. The van der Waals surface area contributed by atoms with Gasteiger partial charge in [-0.3, -0.25) is 0 Å². The van der Waals surface area contributed by atoms with Crippen molar-refractivity contribution in [3.05, 3.63) is 11.6 Å². The van der Waals surface area contributed by atoms with Gasteiger partial charge in [0.2, 0.25) is 0 Å². The number of allylic oxidation sites excluding steroid dienone is 2. The van der Waals surface area contributed by atoms with E-state index in [-0.39, 0.29) is 0 Å². The van der Waals surface area contributed by atoms with E-state index in [1.165, 1.54) is 25.7 Å². The summed E-state index contributed by atoms with van der Waals surface area (Å²) in [5.74, 6) is 0. The van der Waals surface area contributed by atoms with Crippen LogP contribution in [-0.2, 0) is 0 Å². The van der Waals surface area contributed by atoms with Crippen LogP contribution in [0, 0.1) is 5.41 Å². The fourth-order valence-electron chi connectivity index (χ4n) is 1.67. The number of hydrogen-bond donors (Lipinski definition) is 0. The second kappa shape index (κ2) is 1.18. The van der Waals surface area contributed by atoms with Gasteiger partial charge in [0.15, 0.2) is 0 Å². The van der Waals surface area contributed by atoms with Gasteiger partial charge in [0.1, 0.15) is 0 Å². The lowest BCUT2D eigenvalue weighted by molar-refractivity contribution is 0.629. The van der Waals surface area contributed by atoms with Gasteiger partial charge in [-0.15, -0.1) is 0 Å². The third-order valence-corrected chi connectivity index (χ3v) is 2.46. The molecule has 0 bridgehead atoms. The Hall–Kier alpha value is -0.260. The average Bonchev–Trinajstić information content (AvgIpc) is 2.34. The molecule has 2 rings (SSSR count). The predicted octanol–water partition coefficient (Wildman–Crippen LogP) is 2.51. The first-order chi connectivity index (χ1) is 3.81. The molecular weight excluding hydrogens is 96.1 g/mol. The van der Waals surface area contributed by atoms with E-state index in [0.717, 1.165) is 5.41 Å². The molecule has 2 aliphatic rings. The zero-order valence-electron chi connectivity index (χ0n) is 5.41. The Morgan fingerprint density at radius 3 is 2.38 bits per heavy atom. The van der Waals surface area contributed by atoms with Gasteiger partial charge in [-0.2, -0.15) is 0 Å². The first-order valence-corrected chi connectivity index (χ1v) is 3.49. The van der Waals surface area contributed by atoms with Gasteiger partial charge in [0.25, 0.3) is 0 Å². The van der Waals surface area contributed by atoms with Crippen molar-refractivity contribution >= 4 is 0 Å². The summed E-state index contributed by atoms with van der Waals surface area (Å²) in [6.45, 7) is 2.26. The molecule has 0 aromatic rings. The average molecular weight is 108 g/mol. The first-order valence-electron chi connectivity index (χ1n) is 3.49. The van der Waals surface area contributed by atoms with Crippen LogP contribution in [0.5, 0.6) is 0 Å². The topological polar surface area (TPSA) is 0 Å². The molecule has 0 heteroatoms. The lowest BCUT2D eigenvalue weighted by Gasteiger charge is -1.95. The Balaban J connectivity index is 2.22. The van der Waals surface area contributed by atoms with Crippen LogP contribution in [0.2, 0.25) is 0 Å². The second-order valence-electron chi connectivity index (χ2n) is 3.35. The van der Waals surface area contributed by atoms with Crippen molar-refractivity contribution in [3.63, 3.8) is 0 Å². The van der Waals surface area contributed by atoms with E-state index in [2.05, 4.69) is 13.0 Å². The fourth-order valence-corrected chi connectivity index (χ4v) is 1.67. The van der Waals surface area contributed by atoms with Crippen LogP contribution in [0.1, 0.15) is 32.6 Å². The van der Waals surface area contributed by atoms with E-state index < -0.39 is 0 Å². The summed E-state index contributed by atoms with van der Waals surface area (Å²) in [5.41, 5.74) is 2.38. The molecule has 0 radical (unpaired) electrons. The molecule has 0 saturated heterocycles. The molecule has 2 aliphatic carbocycles. The molecule has 0 aromatic carbocycles. The monoisotopic (exact) mass is 108 g/mol. The summed E-state index contributed by atoms with van der Waals surface area (Å²) in [5, 5.41) is 0. The minimum atomic E-state index is 0.754. The molecule has 0 atom stereocenters. The Kier molecular flexibility index (Phi) is 0.677. The normalized spacial score (nSPS) is 30.9. The van der Waals surface area contributed by atoms with Gasteiger partial charge in [0, 0.05) is 0 Å². The zero-order valence-corrected chi connectivity index (χ0v) is 5.41. The van der Waals surface area contributed by atoms with Gasteiger partial charge in [-0.25, -0.2) is 0 Å². The van der Waals surface area contributed by atoms with Crippen LogP contribution in [0.3, 0.4) is 0 Å². The molecule has 0 nitrogen and oxygen atoms in total. The zero-order chi connectivity index (χ0) is 5.61. The van der Waals surface area contributed by atoms with Gasteiger partial charge < -0.3 is 0 Å². The highest BCUT2D eigenvalue weighted by Gasteiger charge is 2.42. The Morgan fingerprint density at radius 1 is 1.38 bits per heavy atom. The maximum Gasteiger partial charge on any atom is -0.0112 e. The molecule has 0 aromatic heterocycles. The Labute approximate surface area is 50.6 Å². The molecule has 0 amide bonds. The molecule has 0 heterocycles. The Morgan fingerprint density at radius 2 is 2.12 bits per heavy atom. The summed E-state index contributed by atoms with van der Waals surface area (Å²) < 4.78 is 0. The van der Waals surface area contributed by atoms with Crippen LogP contribution in [0.4, 0.5) is 0 Å². The fraction of sp³-hybridized carbons (Fsp3) is 0.750. The van der Waals surface area contributed by atoms with Crippen molar-refractivity contribution in [3.8, 4) is 0 Å². The second-order valence-corrected chi connectivity index (χ2v) is 3.35. The summed E-state index contributed by atoms with van der Waals surface area (Å²) >= 11 is 0. The van der Waals surface area contributed by atoms with E-state index in [9.17, 15) is 0 Å². The SMILES string of the molecule is CC1=CC2(CC1)CC2. The van der Waals surface area contributed by atoms with Crippen molar-refractivity contribution in [1.82, 2.24) is 0 Å². The van der Waals surface area contributed by atoms with Crippen molar-refractivity contribution < 1.29 is 0 Å². The quantitative estimate of drug-likeness (QED) is 0.418. The maximum absolute atomic E-state index is 2.49. The largest absolute Gasteiger partial charge is 0.0794 e. The highest BCUT2D eigenvalue weighted by molar-refractivity contribution is 5.20. The highest BCUT2D eigenvalue weighted by atomic mass is 14.5. The minimum Gasteiger partial charge on any atom is -0.0794 e. The highest BCUT2D eigenvalue weighted by Crippen LogP contribution is 2.55. The molecule has 0 aliphatic heterocycles. The van der Waals surface area contributed by atoms with E-state index in [0.29, 0.717) is 0 Å². The molecule has 0 N–H and O–H groups in total. The van der Waals surface area contributed by atoms with Gasteiger partial charge in [-0.05, 0) is 38.0 Å². The summed E-state index contributed by atoms with van der Waals surface area (Å²) in [6.07, 6.45) is 8.28. The summed E-state index contributed by atoms with van der Waals surface area (Å²) in [6, 6.07) is 0. The van der Waals surface area contributed by atoms with Crippen LogP contribution < -0.4 is 0 Å². The first kappa shape index (κ1) is 4.60. The van der Waals surface area contributed by atoms with Gasteiger partial charge in [0.05, 0.1) is 0 Å². The lowest BCUT2D eigenvalue weighted by atomic mass is 10.1. The van der Waals surface area contributed by atoms with E-state index in [1.54, 1.807) is 5.57 Å². The molecule has 44 valence electrons. The van der Waals surface area contributed by atoms with Crippen molar-refractivity contribution in [2.75, 3.05) is 0 Å². The van der Waals surface area contributed by atoms with Crippen molar-refractivity contribution in [1.29, 1.82) is 0 Å². The van der Waals surface area contributed by atoms with Crippen molar-refractivity contribution in [2.24, 2.45) is 5.41 Å². The number of hydrogen-bond acceptors (Lipinski definition) is 0. The lowest BCUT2D eigenvalue weighted by Crippen LogP contribution is -1.84. The molecule has 1 spiro atoms. The smallest absolute Gasteiger partial charge is 0.0112 e. The third-order valence-electron chi connectivity index (χ3n) is 2.46. The summed E-state index contributed by atoms with van der Waals surface area (Å²) in [7, 11) is 0. The van der Waals surface area contributed by atoms with Gasteiger partial charge >= 0.3 is 0 Å². The van der Waals surface area contributed by atoms with Crippen LogP contribution in [0.25, 0.3) is 0 Å². The standard InChI is InChI=1S/C8H12/c1-7-2-3-8(6-7)4-5-8/h6H,2-5H2,1H3. The molecular formula is C8H12. The summed E-state index contributed by atoms with van der Waals surface area (Å²) in [4.78, 5) is 0. The predicted molar refractivity (Wildman–Crippen MR) is 34.7 cm³/mol. The Bertz CT molecular complexity index is 138. The number of rotatable bonds is 0. The van der Waals surface area contributed by atoms with Crippen LogP contribution in [-0.4, -0.2) is 0 Å². The van der Waals surface area contributed by atoms with Crippen LogP contribution >= 0.6 is 0 Å². The van der Waals surface area contributed by atoms with E-state index >= 15 is 0 Å². The third kappa shape index (κ3) is 0.521. The minimum absolute atomic E-state index is 0.754. The maximum atomic E-state index is 2.49.